The first-order valence-electron chi connectivity index (χ1n) is 8.07. The third-order valence-corrected chi connectivity index (χ3v) is 4.82. The van der Waals surface area contributed by atoms with Crippen LogP contribution in [0.5, 0.6) is 0 Å². The lowest BCUT2D eigenvalue weighted by Gasteiger charge is -2.19. The van der Waals surface area contributed by atoms with E-state index in [0.717, 1.165) is 0 Å². The van der Waals surface area contributed by atoms with E-state index in [-0.39, 0.29) is 21.7 Å². The monoisotopic (exact) mass is 388 g/mol. The largest absolute Gasteiger partial charge is 0.363 e. The van der Waals surface area contributed by atoms with Crippen LogP contribution >= 0.6 is 11.6 Å². The normalized spacial score (nSPS) is 12.2. The van der Waals surface area contributed by atoms with Crippen molar-refractivity contribution in [3.8, 4) is 6.07 Å². The second-order valence-electron chi connectivity index (χ2n) is 6.04. The number of fused-ring (bicyclic) bond motifs is 1. The van der Waals surface area contributed by atoms with Gasteiger partial charge in [0, 0.05) is 30.3 Å². The van der Waals surface area contributed by atoms with Gasteiger partial charge < -0.3 is 9.88 Å². The van der Waals surface area contributed by atoms with Crippen molar-refractivity contribution in [2.45, 2.75) is 19.4 Å². The Balaban J connectivity index is 2.08. The van der Waals surface area contributed by atoms with Gasteiger partial charge in [-0.2, -0.15) is 5.26 Å². The lowest BCUT2D eigenvalue weighted by Crippen LogP contribution is -2.17. The number of pyridine rings is 2. The molecule has 3 rings (SSSR count). The van der Waals surface area contributed by atoms with E-state index in [1.54, 1.807) is 26.1 Å². The van der Waals surface area contributed by atoms with Crippen molar-refractivity contribution >= 4 is 28.3 Å². The fourth-order valence-corrected chi connectivity index (χ4v) is 3.34. The average molecular weight is 389 g/mol. The van der Waals surface area contributed by atoms with Gasteiger partial charge in [-0.15, -0.1) is 0 Å². The summed E-state index contributed by atoms with van der Waals surface area (Å²) >= 11 is 6.15. The van der Waals surface area contributed by atoms with Crippen molar-refractivity contribution in [1.82, 2.24) is 9.55 Å². The first-order chi connectivity index (χ1) is 12.8. The SMILES string of the molecule is C[C@@H](Nc1ncc(C#N)c2c1ccc(=O)n2C)c1cccc(C(F)F)c1Cl. The lowest BCUT2D eigenvalue weighted by atomic mass is 10.0. The van der Waals surface area contributed by atoms with Gasteiger partial charge in [0.05, 0.1) is 22.1 Å². The molecule has 0 saturated carbocycles. The van der Waals surface area contributed by atoms with E-state index in [4.69, 9.17) is 11.6 Å². The number of aromatic nitrogens is 2. The van der Waals surface area contributed by atoms with Crippen molar-refractivity contribution in [2.24, 2.45) is 7.05 Å². The van der Waals surface area contributed by atoms with Crippen LogP contribution in [0.4, 0.5) is 14.6 Å². The number of nitrogens with one attached hydrogen (secondary N) is 1. The Kier molecular flexibility index (Phi) is 5.10. The Labute approximate surface area is 158 Å². The first kappa shape index (κ1) is 18.8. The number of aryl methyl sites for hydroxylation is 1. The molecule has 0 aliphatic carbocycles. The summed E-state index contributed by atoms with van der Waals surface area (Å²) in [6.07, 6.45) is -1.30. The first-order valence-corrected chi connectivity index (χ1v) is 8.44. The topological polar surface area (TPSA) is 70.7 Å². The van der Waals surface area contributed by atoms with E-state index in [1.807, 2.05) is 6.07 Å². The summed E-state index contributed by atoms with van der Waals surface area (Å²) < 4.78 is 27.6. The van der Waals surface area contributed by atoms with Crippen LogP contribution in [0.15, 0.2) is 41.3 Å². The number of halogens is 3. The van der Waals surface area contributed by atoms with Gasteiger partial charge >= 0.3 is 0 Å². The smallest absolute Gasteiger partial charge is 0.265 e. The third-order valence-electron chi connectivity index (χ3n) is 4.38. The Bertz CT molecular complexity index is 1120. The van der Waals surface area contributed by atoms with E-state index < -0.39 is 12.5 Å². The lowest BCUT2D eigenvalue weighted by molar-refractivity contribution is 0.151. The van der Waals surface area contributed by atoms with Crippen molar-refractivity contribution in [2.75, 3.05) is 5.32 Å². The zero-order chi connectivity index (χ0) is 19.7. The molecule has 1 atom stereocenters. The molecule has 0 fully saturated rings. The molecule has 0 unspecified atom stereocenters. The van der Waals surface area contributed by atoms with Crippen LogP contribution in [0.25, 0.3) is 10.9 Å². The maximum Gasteiger partial charge on any atom is 0.265 e. The molecule has 3 aromatic rings. The van der Waals surface area contributed by atoms with E-state index in [9.17, 15) is 18.8 Å². The van der Waals surface area contributed by atoms with Gasteiger partial charge in [0.2, 0.25) is 0 Å². The summed E-state index contributed by atoms with van der Waals surface area (Å²) in [6.45, 7) is 1.77. The predicted molar refractivity (Wildman–Crippen MR) is 100 cm³/mol. The molecule has 0 amide bonds. The fourth-order valence-electron chi connectivity index (χ4n) is 2.96. The van der Waals surface area contributed by atoms with E-state index in [0.29, 0.717) is 22.3 Å². The molecule has 0 bridgehead atoms. The molecule has 2 heterocycles. The second kappa shape index (κ2) is 7.33. The summed E-state index contributed by atoms with van der Waals surface area (Å²) in [5.74, 6) is 0.422. The maximum atomic E-state index is 13.1. The number of benzene rings is 1. The quantitative estimate of drug-likeness (QED) is 0.710. The van der Waals surface area contributed by atoms with E-state index in [1.165, 1.54) is 29.0 Å². The second-order valence-corrected chi connectivity index (χ2v) is 6.42. The Morgan fingerprint density at radius 2 is 1.96 bits per heavy atom. The number of alkyl halides is 2. The Morgan fingerprint density at radius 1 is 1.26 bits per heavy atom. The van der Waals surface area contributed by atoms with Gasteiger partial charge in [-0.3, -0.25) is 4.79 Å². The summed E-state index contributed by atoms with van der Waals surface area (Å²) in [5, 5.41) is 13.0. The average Bonchev–Trinajstić information content (AvgIpc) is 2.64. The van der Waals surface area contributed by atoms with E-state index >= 15 is 0 Å². The molecular formula is C19H15ClF2N4O. The summed E-state index contributed by atoms with van der Waals surface area (Å²) in [7, 11) is 1.57. The number of anilines is 1. The van der Waals surface area contributed by atoms with Crippen LogP contribution in [-0.4, -0.2) is 9.55 Å². The van der Waals surface area contributed by atoms with Crippen LogP contribution in [0.1, 0.15) is 36.1 Å². The highest BCUT2D eigenvalue weighted by atomic mass is 35.5. The molecule has 0 aliphatic heterocycles. The van der Waals surface area contributed by atoms with E-state index in [2.05, 4.69) is 10.3 Å². The van der Waals surface area contributed by atoms with Crippen molar-refractivity contribution in [3.63, 3.8) is 0 Å². The highest BCUT2D eigenvalue weighted by Gasteiger charge is 2.19. The molecule has 1 aromatic carbocycles. The van der Waals surface area contributed by atoms with Crippen LogP contribution in [0, 0.1) is 11.3 Å². The standard InChI is InChI=1S/C19H15ClF2N4O/c1-10(12-4-3-5-13(16(12)20)18(21)22)25-19-14-6-7-15(27)26(2)17(14)11(8-23)9-24-19/h3-7,9-10,18H,1-2H3,(H,24,25)/t10-/m1/s1. The summed E-state index contributed by atoms with van der Waals surface area (Å²) in [4.78, 5) is 16.2. The Morgan fingerprint density at radius 3 is 2.63 bits per heavy atom. The summed E-state index contributed by atoms with van der Waals surface area (Å²) in [6, 6.07) is 9.02. The highest BCUT2D eigenvalue weighted by molar-refractivity contribution is 6.32. The van der Waals surface area contributed by atoms with Crippen LogP contribution in [-0.2, 0) is 7.05 Å². The predicted octanol–water partition coefficient (Wildman–Crippen LogP) is 4.57. The Hall–Kier alpha value is -2.98. The van der Waals surface area contributed by atoms with Crippen molar-refractivity contribution in [1.29, 1.82) is 5.26 Å². The zero-order valence-corrected chi connectivity index (χ0v) is 15.3. The van der Waals surface area contributed by atoms with Crippen molar-refractivity contribution in [3.05, 3.63) is 68.6 Å². The molecular weight excluding hydrogens is 374 g/mol. The molecule has 0 spiro atoms. The van der Waals surface area contributed by atoms with Gasteiger partial charge in [-0.25, -0.2) is 13.8 Å². The minimum absolute atomic E-state index is 0.00199. The summed E-state index contributed by atoms with van der Waals surface area (Å²) in [5.41, 5.74) is 0.724. The number of hydrogen-bond acceptors (Lipinski definition) is 4. The highest BCUT2D eigenvalue weighted by Crippen LogP contribution is 2.34. The fraction of sp³-hybridized carbons (Fsp3) is 0.211. The number of hydrogen-bond donors (Lipinski definition) is 1. The van der Waals surface area contributed by atoms with Gasteiger partial charge in [0.15, 0.2) is 0 Å². The molecule has 27 heavy (non-hydrogen) atoms. The minimum Gasteiger partial charge on any atom is -0.363 e. The molecule has 8 heteroatoms. The van der Waals surface area contributed by atoms with Crippen LogP contribution in [0.3, 0.4) is 0 Å². The molecule has 0 saturated heterocycles. The van der Waals surface area contributed by atoms with Crippen LogP contribution < -0.4 is 10.9 Å². The number of nitriles is 1. The van der Waals surface area contributed by atoms with Gasteiger partial charge in [-0.05, 0) is 18.6 Å². The number of nitrogens with zero attached hydrogens (tertiary/aromatic N) is 3. The minimum atomic E-state index is -2.67. The maximum absolute atomic E-state index is 13.1. The number of rotatable bonds is 4. The van der Waals surface area contributed by atoms with Gasteiger partial charge in [0.1, 0.15) is 11.9 Å². The molecule has 0 radical (unpaired) electrons. The third kappa shape index (κ3) is 3.36. The molecule has 138 valence electrons. The molecule has 2 aromatic heterocycles. The zero-order valence-electron chi connectivity index (χ0n) is 14.5. The molecule has 5 nitrogen and oxygen atoms in total. The van der Waals surface area contributed by atoms with Gasteiger partial charge in [0.25, 0.3) is 12.0 Å². The molecule has 1 N–H and O–H groups in total. The molecule has 0 aliphatic rings. The van der Waals surface area contributed by atoms with Crippen molar-refractivity contribution < 1.29 is 8.78 Å². The van der Waals surface area contributed by atoms with Gasteiger partial charge in [-0.1, -0.05) is 29.8 Å². The van der Waals surface area contributed by atoms with Crippen LogP contribution in [0.2, 0.25) is 5.02 Å².